The molecule has 1 atom stereocenters. The predicted molar refractivity (Wildman–Crippen MR) is 251 cm³/mol. The van der Waals surface area contributed by atoms with Crippen molar-refractivity contribution < 1.29 is 45.4 Å². The van der Waals surface area contributed by atoms with Gasteiger partial charge >= 0.3 is 23.0 Å². The summed E-state index contributed by atoms with van der Waals surface area (Å²) in [4.78, 5) is 0. The number of fused-ring (bicyclic) bond motifs is 3. The molecule has 0 radical (unpaired) electrons. The number of para-hydroxylation sites is 1. The molecule has 1 aliphatic heterocycles. The van der Waals surface area contributed by atoms with Crippen LogP contribution in [0.15, 0.2) is 190 Å². The van der Waals surface area contributed by atoms with E-state index in [9.17, 15) is 4.57 Å². The Labute approximate surface area is 365 Å². The maximum absolute atomic E-state index is 15.9. The third-order valence-corrected chi connectivity index (χ3v) is 14.7. The topological polar surface area (TPSA) is 116 Å². The highest BCUT2D eigenvalue weighted by Crippen LogP contribution is 2.59. The van der Waals surface area contributed by atoms with Crippen molar-refractivity contribution in [2.75, 3.05) is 0 Å². The summed E-state index contributed by atoms with van der Waals surface area (Å²) in [7, 11) is -13.7. The molecule has 1 heterocycles. The third-order valence-electron chi connectivity index (χ3n) is 9.63. The van der Waals surface area contributed by atoms with E-state index in [1.807, 2.05) is 24.3 Å². The summed E-state index contributed by atoms with van der Waals surface area (Å²) >= 11 is 0. The van der Waals surface area contributed by atoms with Crippen molar-refractivity contribution in [2.45, 2.75) is 0 Å². The Hall–Kier alpha value is -7.21. The van der Waals surface area contributed by atoms with Crippen LogP contribution in [0, 0.1) is 0 Å². The van der Waals surface area contributed by atoms with Crippen LogP contribution in [0.5, 0.6) is 40.2 Å². The molecule has 0 N–H and O–H groups in total. The molecule has 13 heteroatoms. The van der Waals surface area contributed by atoms with Gasteiger partial charge in [0.05, 0.1) is 10.6 Å². The monoisotopic (exact) mass is 892 g/mol. The normalized spacial score (nSPS) is 14.0. The lowest BCUT2D eigenvalue weighted by Crippen LogP contribution is -2.27. The van der Waals surface area contributed by atoms with Gasteiger partial charge in [0, 0.05) is 5.56 Å². The Morgan fingerprint density at radius 3 is 1.22 bits per heavy atom. The second kappa shape index (κ2) is 18.0. The molecule has 1 unspecified atom stereocenters. The van der Waals surface area contributed by atoms with Crippen molar-refractivity contribution in [3.8, 4) is 51.4 Å². The lowest BCUT2D eigenvalue weighted by atomic mass is 10.0. The van der Waals surface area contributed by atoms with Gasteiger partial charge in [-0.3, -0.25) is 4.57 Å². The molecule has 10 nitrogen and oxygen atoms in total. The molecule has 63 heavy (non-hydrogen) atoms. The number of hydrogen-bond acceptors (Lipinski definition) is 10. The molecule has 0 spiro atoms. The first-order valence-corrected chi connectivity index (χ1v) is 24.0. The van der Waals surface area contributed by atoms with Crippen LogP contribution in [0.2, 0.25) is 0 Å². The highest BCUT2D eigenvalue weighted by molar-refractivity contribution is 7.75. The molecule has 0 aliphatic carbocycles. The van der Waals surface area contributed by atoms with Gasteiger partial charge < -0.3 is 31.7 Å². The maximum atomic E-state index is 15.9. The molecule has 7 aromatic carbocycles. The molecule has 0 saturated heterocycles. The highest BCUT2D eigenvalue weighted by Gasteiger charge is 2.44. The van der Waals surface area contributed by atoms with Crippen LogP contribution in [-0.2, 0) is 13.7 Å². The van der Waals surface area contributed by atoms with E-state index in [2.05, 4.69) is 26.3 Å². The molecule has 1 aliphatic rings. The second-order valence-corrected chi connectivity index (χ2v) is 19.0. The molecule has 0 saturated carbocycles. The third kappa shape index (κ3) is 9.50. The average molecular weight is 893 g/mol. The number of phosphoric ester groups is 2. The summed E-state index contributed by atoms with van der Waals surface area (Å²) < 4.78 is 88.8. The van der Waals surface area contributed by atoms with Crippen LogP contribution >= 0.6 is 23.0 Å². The van der Waals surface area contributed by atoms with Gasteiger partial charge in [-0.1, -0.05) is 136 Å². The van der Waals surface area contributed by atoms with E-state index in [1.54, 1.807) is 146 Å². The van der Waals surface area contributed by atoms with Crippen LogP contribution in [0.4, 0.5) is 0 Å². The SMILES string of the molecule is C=Cc1ccc(OP(=O)(Oc2ccc(C=C)cc2)Oc2ccc(OP(=O)(Oc3ccc(C=C)cc3)Oc3ccc(C=C)cc3)c(P3(=O)Oc4ccccc4-c4ccccc43)c2)cc1. The maximum Gasteiger partial charge on any atom is 0.647 e. The van der Waals surface area contributed by atoms with E-state index in [1.165, 1.54) is 18.2 Å². The molecule has 0 fully saturated rings. The zero-order valence-corrected chi connectivity index (χ0v) is 36.3. The van der Waals surface area contributed by atoms with Crippen LogP contribution in [-0.4, -0.2) is 0 Å². The fraction of sp³-hybridized carbons (Fsp3) is 0. The Kier molecular flexibility index (Phi) is 12.2. The molecular formula is C50H39O10P3. The second-order valence-electron chi connectivity index (χ2n) is 13.8. The number of rotatable bonds is 17. The lowest BCUT2D eigenvalue weighted by Gasteiger charge is -2.30. The van der Waals surface area contributed by atoms with Gasteiger partial charge in [0.2, 0.25) is 0 Å². The standard InChI is InChI=1S/C50H39O10P3/c1-5-36-17-25-40(26-18-36)54-62(52,55-41-27-19-37(6-2)20-28-41)58-44-33-34-48(50(35-44)61(51)49-16-12-10-14-46(49)45-13-9-11-15-47(45)59-61)60-63(53,56-42-29-21-38(7-3)22-30-42)57-43-31-23-39(8-4)24-32-43/h5-35H,1-4H2. The minimum Gasteiger partial charge on any atom is -0.436 e. The Balaban J connectivity index is 1.26. The first-order chi connectivity index (χ1) is 30.5. The van der Waals surface area contributed by atoms with Gasteiger partial charge in [-0.2, -0.15) is 9.13 Å². The summed E-state index contributed by atoms with van der Waals surface area (Å²) in [5, 5.41) is 0.179. The smallest absolute Gasteiger partial charge is 0.436 e. The summed E-state index contributed by atoms with van der Waals surface area (Å²) in [6.45, 7) is 15.2. The zero-order valence-electron chi connectivity index (χ0n) is 33.7. The van der Waals surface area contributed by atoms with Crippen LogP contribution in [0.3, 0.4) is 0 Å². The van der Waals surface area contributed by atoms with Crippen molar-refractivity contribution in [2.24, 2.45) is 0 Å². The molecule has 0 bridgehead atoms. The van der Waals surface area contributed by atoms with E-state index in [4.69, 9.17) is 31.7 Å². The Bertz CT molecular complexity index is 2870. The fourth-order valence-electron chi connectivity index (χ4n) is 6.49. The van der Waals surface area contributed by atoms with Crippen LogP contribution in [0.1, 0.15) is 22.3 Å². The van der Waals surface area contributed by atoms with Crippen LogP contribution < -0.4 is 42.3 Å². The average Bonchev–Trinajstić information content (AvgIpc) is 3.30. The first kappa shape index (κ1) is 42.5. The number of phosphoric acid groups is 2. The summed E-state index contributed by atoms with van der Waals surface area (Å²) in [5.41, 5.74) is 4.50. The Morgan fingerprint density at radius 1 is 0.413 bits per heavy atom. The van der Waals surface area contributed by atoms with Crippen molar-refractivity contribution in [1.29, 1.82) is 0 Å². The first-order valence-electron chi connectivity index (χ1n) is 19.4. The quantitative estimate of drug-likeness (QED) is 0.0818. The van der Waals surface area contributed by atoms with Crippen molar-refractivity contribution in [3.05, 3.63) is 212 Å². The van der Waals surface area contributed by atoms with Crippen LogP contribution in [0.25, 0.3) is 35.4 Å². The summed E-state index contributed by atoms with van der Waals surface area (Å²) in [5.74, 6) is 0.594. The number of benzene rings is 7. The van der Waals surface area contributed by atoms with Crippen molar-refractivity contribution >= 4 is 57.9 Å². The summed E-state index contributed by atoms with van der Waals surface area (Å²) in [6.07, 6.45) is 6.61. The lowest BCUT2D eigenvalue weighted by molar-refractivity contribution is 0.294. The predicted octanol–water partition coefficient (Wildman–Crippen LogP) is 13.8. The molecular weight excluding hydrogens is 853 g/mol. The van der Waals surface area contributed by atoms with E-state index >= 15 is 9.13 Å². The van der Waals surface area contributed by atoms with E-state index in [-0.39, 0.29) is 39.8 Å². The van der Waals surface area contributed by atoms with E-state index in [0.717, 1.165) is 22.3 Å². The molecule has 314 valence electrons. The van der Waals surface area contributed by atoms with E-state index < -0.39 is 23.0 Å². The summed E-state index contributed by atoms with van der Waals surface area (Å²) in [6, 6.07) is 44.7. The van der Waals surface area contributed by atoms with Gasteiger partial charge in [-0.25, -0.2) is 0 Å². The molecule has 8 rings (SSSR count). The van der Waals surface area contributed by atoms with Gasteiger partial charge in [-0.15, -0.1) is 0 Å². The van der Waals surface area contributed by atoms with Gasteiger partial charge in [0.15, 0.2) is 0 Å². The largest absolute Gasteiger partial charge is 0.647 e. The Morgan fingerprint density at radius 2 is 0.778 bits per heavy atom. The van der Waals surface area contributed by atoms with Crippen molar-refractivity contribution in [3.63, 3.8) is 0 Å². The fourth-order valence-corrected chi connectivity index (χ4v) is 11.5. The van der Waals surface area contributed by atoms with Gasteiger partial charge in [0.25, 0.3) is 0 Å². The molecule has 0 amide bonds. The number of hydrogen-bond donors (Lipinski definition) is 0. The highest BCUT2D eigenvalue weighted by atomic mass is 31.2. The zero-order chi connectivity index (χ0) is 44.0. The minimum absolute atomic E-state index is 0.127. The van der Waals surface area contributed by atoms with Gasteiger partial charge in [0.1, 0.15) is 40.2 Å². The molecule has 7 aromatic rings. The van der Waals surface area contributed by atoms with E-state index in [0.29, 0.717) is 22.2 Å². The molecule has 0 aromatic heterocycles. The van der Waals surface area contributed by atoms with Gasteiger partial charge in [-0.05, 0) is 107 Å². The minimum atomic E-state index is -4.74. The van der Waals surface area contributed by atoms with Crippen molar-refractivity contribution in [1.82, 2.24) is 0 Å².